The van der Waals surface area contributed by atoms with E-state index in [0.717, 1.165) is 12.8 Å². The van der Waals surface area contributed by atoms with Crippen LogP contribution in [0.25, 0.3) is 0 Å². The Labute approximate surface area is 135 Å². The maximum absolute atomic E-state index is 11.8. The van der Waals surface area contributed by atoms with Crippen LogP contribution in [-0.2, 0) is 19.3 Å². The minimum absolute atomic E-state index is 0.103. The SMILES string of the molecule is CCCCCCCCCCCc1[nH]c(=O)cc2c1CCCC2. The summed E-state index contributed by atoms with van der Waals surface area (Å²) in [7, 11) is 0. The molecule has 1 aliphatic carbocycles. The molecule has 1 heterocycles. The van der Waals surface area contributed by atoms with E-state index >= 15 is 0 Å². The van der Waals surface area contributed by atoms with Crippen molar-refractivity contribution >= 4 is 0 Å². The molecule has 0 aromatic carbocycles. The third kappa shape index (κ3) is 5.62. The largest absolute Gasteiger partial charge is 0.326 e. The van der Waals surface area contributed by atoms with Gasteiger partial charge in [-0.25, -0.2) is 0 Å². The standard InChI is InChI=1S/C20H33NO/c1-2-3-4-5-6-7-8-9-10-15-19-18-14-12-11-13-17(18)16-20(22)21-19/h16H,2-15H2,1H3,(H,21,22). The summed E-state index contributed by atoms with van der Waals surface area (Å²) < 4.78 is 0. The Balaban J connectivity index is 1.67. The molecule has 0 radical (unpaired) electrons. The van der Waals surface area contributed by atoms with Gasteiger partial charge in [0.05, 0.1) is 0 Å². The van der Waals surface area contributed by atoms with Crippen LogP contribution in [0.4, 0.5) is 0 Å². The molecule has 0 amide bonds. The first kappa shape index (κ1) is 17.3. The molecule has 1 aliphatic rings. The third-order valence-corrected chi connectivity index (χ3v) is 4.98. The molecule has 0 unspecified atom stereocenters. The molecule has 0 aliphatic heterocycles. The first-order valence-electron chi connectivity index (χ1n) is 9.55. The summed E-state index contributed by atoms with van der Waals surface area (Å²) in [6.45, 7) is 2.27. The Morgan fingerprint density at radius 3 is 2.27 bits per heavy atom. The van der Waals surface area contributed by atoms with Gasteiger partial charge in [-0.2, -0.15) is 0 Å². The van der Waals surface area contributed by atoms with Gasteiger partial charge in [-0.1, -0.05) is 58.3 Å². The average Bonchev–Trinajstić information content (AvgIpc) is 2.53. The highest BCUT2D eigenvalue weighted by Gasteiger charge is 2.14. The van der Waals surface area contributed by atoms with Gasteiger partial charge in [0.1, 0.15) is 0 Å². The molecule has 2 heteroatoms. The second kappa shape index (κ2) is 9.86. The summed E-state index contributed by atoms with van der Waals surface area (Å²) in [5.41, 5.74) is 4.13. The van der Waals surface area contributed by atoms with Crippen molar-refractivity contribution < 1.29 is 0 Å². The molecular weight excluding hydrogens is 270 g/mol. The molecule has 2 nitrogen and oxygen atoms in total. The van der Waals surface area contributed by atoms with Crippen LogP contribution in [0.1, 0.15) is 94.4 Å². The van der Waals surface area contributed by atoms with Gasteiger partial charge in [0.15, 0.2) is 0 Å². The summed E-state index contributed by atoms with van der Waals surface area (Å²) in [4.78, 5) is 14.9. The van der Waals surface area contributed by atoms with Crippen LogP contribution in [0, 0.1) is 0 Å². The lowest BCUT2D eigenvalue weighted by Crippen LogP contribution is -2.17. The van der Waals surface area contributed by atoms with Gasteiger partial charge < -0.3 is 4.98 Å². The van der Waals surface area contributed by atoms with Crippen molar-refractivity contribution in [3.63, 3.8) is 0 Å². The number of aromatic amines is 1. The zero-order valence-corrected chi connectivity index (χ0v) is 14.4. The monoisotopic (exact) mass is 303 g/mol. The molecule has 0 saturated carbocycles. The fraction of sp³-hybridized carbons (Fsp3) is 0.750. The van der Waals surface area contributed by atoms with E-state index in [1.807, 2.05) is 6.07 Å². The van der Waals surface area contributed by atoms with Crippen LogP contribution in [0.5, 0.6) is 0 Å². The van der Waals surface area contributed by atoms with Crippen LogP contribution in [0.3, 0.4) is 0 Å². The second-order valence-corrected chi connectivity index (χ2v) is 6.90. The highest BCUT2D eigenvalue weighted by atomic mass is 16.1. The van der Waals surface area contributed by atoms with Gasteiger partial charge >= 0.3 is 0 Å². The molecule has 0 spiro atoms. The Hall–Kier alpha value is -1.05. The van der Waals surface area contributed by atoms with Gasteiger partial charge in [0.25, 0.3) is 0 Å². The van der Waals surface area contributed by atoms with Crippen molar-refractivity contribution in [2.45, 2.75) is 96.8 Å². The molecule has 1 aromatic heterocycles. The number of aromatic nitrogens is 1. The zero-order valence-electron chi connectivity index (χ0n) is 14.4. The summed E-state index contributed by atoms with van der Waals surface area (Å²) in [6, 6.07) is 1.83. The van der Waals surface area contributed by atoms with Crippen molar-refractivity contribution in [1.29, 1.82) is 0 Å². The van der Waals surface area contributed by atoms with E-state index in [-0.39, 0.29) is 5.56 Å². The molecule has 0 saturated heterocycles. The van der Waals surface area contributed by atoms with E-state index in [4.69, 9.17) is 0 Å². The number of fused-ring (bicyclic) bond motifs is 1. The van der Waals surface area contributed by atoms with E-state index in [1.165, 1.54) is 93.9 Å². The number of nitrogens with one attached hydrogen (secondary N) is 1. The fourth-order valence-corrected chi connectivity index (χ4v) is 3.68. The lowest BCUT2D eigenvalue weighted by molar-refractivity contribution is 0.561. The number of hydrogen-bond donors (Lipinski definition) is 1. The van der Waals surface area contributed by atoms with Crippen molar-refractivity contribution in [1.82, 2.24) is 4.98 Å². The maximum Gasteiger partial charge on any atom is 0.248 e. The number of unbranched alkanes of at least 4 members (excludes halogenated alkanes) is 8. The van der Waals surface area contributed by atoms with E-state index in [0.29, 0.717) is 0 Å². The molecule has 0 bridgehead atoms. The first-order valence-corrected chi connectivity index (χ1v) is 9.55. The Morgan fingerprint density at radius 2 is 1.55 bits per heavy atom. The fourth-order valence-electron chi connectivity index (χ4n) is 3.68. The highest BCUT2D eigenvalue weighted by molar-refractivity contribution is 5.32. The number of pyridine rings is 1. The van der Waals surface area contributed by atoms with E-state index in [1.54, 1.807) is 0 Å². The van der Waals surface area contributed by atoms with Crippen LogP contribution >= 0.6 is 0 Å². The molecule has 2 rings (SSSR count). The quantitative estimate of drug-likeness (QED) is 0.582. The molecule has 0 atom stereocenters. The summed E-state index contributed by atoms with van der Waals surface area (Å²) in [5.74, 6) is 0. The molecular formula is C20H33NO. The summed E-state index contributed by atoms with van der Waals surface area (Å²) >= 11 is 0. The van der Waals surface area contributed by atoms with Gasteiger partial charge in [0.2, 0.25) is 5.56 Å². The van der Waals surface area contributed by atoms with E-state index in [2.05, 4.69) is 11.9 Å². The summed E-state index contributed by atoms with van der Waals surface area (Å²) in [5, 5.41) is 0. The predicted octanol–water partition coefficient (Wildman–Crippen LogP) is 5.33. The first-order chi connectivity index (χ1) is 10.8. The lowest BCUT2D eigenvalue weighted by Gasteiger charge is -2.18. The Morgan fingerprint density at radius 1 is 0.909 bits per heavy atom. The predicted molar refractivity (Wildman–Crippen MR) is 94.6 cm³/mol. The molecule has 0 fully saturated rings. The maximum atomic E-state index is 11.8. The van der Waals surface area contributed by atoms with Gasteiger partial charge in [-0.15, -0.1) is 0 Å². The smallest absolute Gasteiger partial charge is 0.248 e. The van der Waals surface area contributed by atoms with Crippen molar-refractivity contribution in [2.24, 2.45) is 0 Å². The minimum Gasteiger partial charge on any atom is -0.326 e. The zero-order chi connectivity index (χ0) is 15.6. The average molecular weight is 303 g/mol. The van der Waals surface area contributed by atoms with Crippen molar-refractivity contribution in [3.05, 3.63) is 33.2 Å². The van der Waals surface area contributed by atoms with Crippen LogP contribution < -0.4 is 5.56 Å². The topological polar surface area (TPSA) is 32.9 Å². The van der Waals surface area contributed by atoms with E-state index < -0.39 is 0 Å². The number of rotatable bonds is 10. The normalized spacial score (nSPS) is 14.0. The molecule has 22 heavy (non-hydrogen) atoms. The molecule has 1 N–H and O–H groups in total. The number of aryl methyl sites for hydroxylation is 2. The second-order valence-electron chi connectivity index (χ2n) is 6.90. The molecule has 1 aromatic rings. The van der Waals surface area contributed by atoms with Crippen LogP contribution in [0.15, 0.2) is 10.9 Å². The Kier molecular flexibility index (Phi) is 7.76. The van der Waals surface area contributed by atoms with Crippen molar-refractivity contribution in [3.8, 4) is 0 Å². The van der Waals surface area contributed by atoms with Crippen molar-refractivity contribution in [2.75, 3.05) is 0 Å². The van der Waals surface area contributed by atoms with E-state index in [9.17, 15) is 4.79 Å². The number of hydrogen-bond acceptors (Lipinski definition) is 1. The molecule has 124 valence electrons. The van der Waals surface area contributed by atoms with Gasteiger partial charge in [0, 0.05) is 11.8 Å². The van der Waals surface area contributed by atoms with Gasteiger partial charge in [-0.3, -0.25) is 4.79 Å². The highest BCUT2D eigenvalue weighted by Crippen LogP contribution is 2.23. The lowest BCUT2D eigenvalue weighted by atomic mass is 9.89. The number of H-pyrrole nitrogens is 1. The minimum atomic E-state index is 0.103. The third-order valence-electron chi connectivity index (χ3n) is 4.98. The van der Waals surface area contributed by atoms with Crippen LogP contribution in [-0.4, -0.2) is 4.98 Å². The Bertz CT molecular complexity index is 489. The summed E-state index contributed by atoms with van der Waals surface area (Å²) in [6.07, 6.45) is 18.1. The van der Waals surface area contributed by atoms with Crippen LogP contribution in [0.2, 0.25) is 0 Å². The van der Waals surface area contributed by atoms with Gasteiger partial charge in [-0.05, 0) is 49.7 Å².